The van der Waals surface area contributed by atoms with Gasteiger partial charge in [-0.1, -0.05) is 6.92 Å². The van der Waals surface area contributed by atoms with E-state index in [1.54, 1.807) is 12.1 Å². The van der Waals surface area contributed by atoms with Crippen molar-refractivity contribution in [3.8, 4) is 17.1 Å². The number of rotatable bonds is 5. The molecule has 0 radical (unpaired) electrons. The monoisotopic (exact) mass is 326 g/mol. The lowest BCUT2D eigenvalue weighted by molar-refractivity contribution is 0.0989. The predicted molar refractivity (Wildman–Crippen MR) is 92.1 cm³/mol. The van der Waals surface area contributed by atoms with Crippen LogP contribution in [-0.2, 0) is 0 Å². The third-order valence-corrected chi connectivity index (χ3v) is 3.99. The number of carbonyl (C=O) groups excluding carboxylic acids is 1. The smallest absolute Gasteiger partial charge is 0.167 e. The summed E-state index contributed by atoms with van der Waals surface area (Å²) in [6.07, 6.45) is 0.370. The maximum atomic E-state index is 13.2. The van der Waals surface area contributed by atoms with Crippen LogP contribution in [-0.4, -0.2) is 12.4 Å². The van der Waals surface area contributed by atoms with E-state index in [0.29, 0.717) is 35.5 Å². The Kier molecular flexibility index (Phi) is 4.38. The molecule has 0 saturated carbocycles. The van der Waals surface area contributed by atoms with Crippen LogP contribution < -0.4 is 4.74 Å². The molecule has 0 unspecified atom stereocenters. The molecule has 0 aliphatic rings. The van der Waals surface area contributed by atoms with E-state index in [0.717, 1.165) is 16.7 Å². The highest BCUT2D eigenvalue weighted by atomic mass is 19.1. The van der Waals surface area contributed by atoms with Crippen LogP contribution in [0.5, 0.6) is 5.75 Å². The van der Waals surface area contributed by atoms with Gasteiger partial charge in [0, 0.05) is 23.4 Å². The molecular weight excluding hydrogens is 307 g/mol. The van der Waals surface area contributed by atoms with E-state index < -0.39 is 0 Å². The number of Topliss-reactive ketones (excluding diaryl/α,β-unsaturated/α-hetero) is 1. The largest absolute Gasteiger partial charge is 0.493 e. The first-order valence-corrected chi connectivity index (χ1v) is 8.04. The quantitative estimate of drug-likeness (QED) is 0.578. The van der Waals surface area contributed by atoms with Gasteiger partial charge in [0.15, 0.2) is 5.78 Å². The summed E-state index contributed by atoms with van der Waals surface area (Å²) in [6, 6.07) is 9.69. The van der Waals surface area contributed by atoms with Crippen LogP contribution >= 0.6 is 0 Å². The SMILES string of the molecule is CCOc1cc2oc(-c3ccc(F)cc3)c(C(=O)CC)c2cc1C. The lowest BCUT2D eigenvalue weighted by atomic mass is 9.99. The van der Waals surface area contributed by atoms with E-state index in [1.165, 1.54) is 12.1 Å². The normalized spacial score (nSPS) is 11.0. The second kappa shape index (κ2) is 6.48. The number of hydrogen-bond donors (Lipinski definition) is 0. The van der Waals surface area contributed by atoms with Crippen molar-refractivity contribution in [3.05, 3.63) is 53.3 Å². The van der Waals surface area contributed by atoms with Gasteiger partial charge in [0.25, 0.3) is 0 Å². The van der Waals surface area contributed by atoms with Crippen LogP contribution in [0.25, 0.3) is 22.3 Å². The maximum absolute atomic E-state index is 13.2. The van der Waals surface area contributed by atoms with Crippen molar-refractivity contribution in [3.63, 3.8) is 0 Å². The molecule has 3 rings (SSSR count). The molecule has 0 saturated heterocycles. The molecule has 0 amide bonds. The Hall–Kier alpha value is -2.62. The Labute approximate surface area is 140 Å². The van der Waals surface area contributed by atoms with Crippen LogP contribution in [0.1, 0.15) is 36.2 Å². The molecule has 0 fully saturated rings. The van der Waals surface area contributed by atoms with E-state index in [4.69, 9.17) is 9.15 Å². The molecule has 0 N–H and O–H groups in total. The zero-order chi connectivity index (χ0) is 17.3. The van der Waals surface area contributed by atoms with E-state index in [-0.39, 0.29) is 11.6 Å². The molecule has 1 heterocycles. The van der Waals surface area contributed by atoms with Gasteiger partial charge in [-0.2, -0.15) is 0 Å². The molecule has 124 valence electrons. The third-order valence-electron chi connectivity index (χ3n) is 3.99. The Bertz CT molecular complexity index is 891. The average Bonchev–Trinajstić information content (AvgIpc) is 2.93. The molecule has 1 aromatic heterocycles. The number of furan rings is 1. The summed E-state index contributed by atoms with van der Waals surface area (Å²) in [4.78, 5) is 12.5. The molecule has 2 aromatic carbocycles. The van der Waals surface area contributed by atoms with Crippen LogP contribution in [0.15, 0.2) is 40.8 Å². The highest BCUT2D eigenvalue weighted by Gasteiger charge is 2.22. The fraction of sp³-hybridized carbons (Fsp3) is 0.250. The second-order valence-corrected chi connectivity index (χ2v) is 5.64. The highest BCUT2D eigenvalue weighted by molar-refractivity contribution is 6.12. The summed E-state index contributed by atoms with van der Waals surface area (Å²) in [5.41, 5.74) is 2.77. The second-order valence-electron chi connectivity index (χ2n) is 5.64. The van der Waals surface area contributed by atoms with Crippen LogP contribution in [0, 0.1) is 12.7 Å². The van der Waals surface area contributed by atoms with Gasteiger partial charge in [0.1, 0.15) is 22.9 Å². The van der Waals surface area contributed by atoms with E-state index >= 15 is 0 Å². The molecule has 0 spiro atoms. The fourth-order valence-electron chi connectivity index (χ4n) is 2.80. The standard InChI is InChI=1S/C20H19FO3/c1-4-16(22)19-15-10-12(3)17(23-5-2)11-18(15)24-20(19)13-6-8-14(21)9-7-13/h6-11H,4-5H2,1-3H3. The number of benzene rings is 2. The van der Waals surface area contributed by atoms with Crippen molar-refractivity contribution in [1.82, 2.24) is 0 Å². The Morgan fingerprint density at radius 1 is 1.17 bits per heavy atom. The summed E-state index contributed by atoms with van der Waals surface area (Å²) in [5, 5.41) is 0.766. The number of ketones is 1. The topological polar surface area (TPSA) is 39.4 Å². The van der Waals surface area contributed by atoms with Gasteiger partial charge in [-0.25, -0.2) is 4.39 Å². The number of carbonyl (C=O) groups is 1. The van der Waals surface area contributed by atoms with Gasteiger partial charge in [0.2, 0.25) is 0 Å². The molecule has 0 aliphatic heterocycles. The first-order valence-electron chi connectivity index (χ1n) is 8.04. The molecule has 0 atom stereocenters. The minimum atomic E-state index is -0.326. The van der Waals surface area contributed by atoms with Crippen molar-refractivity contribution in [1.29, 1.82) is 0 Å². The molecule has 0 bridgehead atoms. The van der Waals surface area contributed by atoms with E-state index in [9.17, 15) is 9.18 Å². The molecule has 0 aliphatic carbocycles. The van der Waals surface area contributed by atoms with Gasteiger partial charge < -0.3 is 9.15 Å². The Balaban J connectivity index is 2.27. The molecule has 4 heteroatoms. The number of hydrogen-bond acceptors (Lipinski definition) is 3. The number of aryl methyl sites for hydroxylation is 1. The highest BCUT2D eigenvalue weighted by Crippen LogP contribution is 2.37. The fourth-order valence-corrected chi connectivity index (χ4v) is 2.80. The average molecular weight is 326 g/mol. The summed E-state index contributed by atoms with van der Waals surface area (Å²) in [7, 11) is 0. The summed E-state index contributed by atoms with van der Waals surface area (Å²) < 4.78 is 24.8. The molecular formula is C20H19FO3. The first kappa shape index (κ1) is 16.2. The van der Waals surface area contributed by atoms with Gasteiger partial charge in [-0.15, -0.1) is 0 Å². The molecule has 24 heavy (non-hydrogen) atoms. The van der Waals surface area contributed by atoms with Crippen LogP contribution in [0.2, 0.25) is 0 Å². The van der Waals surface area contributed by atoms with Gasteiger partial charge >= 0.3 is 0 Å². The van der Waals surface area contributed by atoms with Crippen LogP contribution in [0.3, 0.4) is 0 Å². The van der Waals surface area contributed by atoms with Crippen molar-refractivity contribution in [2.24, 2.45) is 0 Å². The first-order chi connectivity index (χ1) is 11.5. The number of ether oxygens (including phenoxy) is 1. The van der Waals surface area contributed by atoms with Gasteiger partial charge in [-0.05, 0) is 49.7 Å². The van der Waals surface area contributed by atoms with E-state index in [2.05, 4.69) is 0 Å². The van der Waals surface area contributed by atoms with Crippen LogP contribution in [0.4, 0.5) is 4.39 Å². The van der Waals surface area contributed by atoms with Crippen molar-refractivity contribution in [2.45, 2.75) is 27.2 Å². The number of halogens is 1. The lowest BCUT2D eigenvalue weighted by Crippen LogP contribution is -1.98. The van der Waals surface area contributed by atoms with E-state index in [1.807, 2.05) is 32.9 Å². The molecule has 3 nitrogen and oxygen atoms in total. The zero-order valence-electron chi connectivity index (χ0n) is 14.0. The minimum Gasteiger partial charge on any atom is -0.493 e. The predicted octanol–water partition coefficient (Wildman–Crippen LogP) is 5.54. The summed E-state index contributed by atoms with van der Waals surface area (Å²) >= 11 is 0. The summed E-state index contributed by atoms with van der Waals surface area (Å²) in [5.74, 6) is 0.883. The van der Waals surface area contributed by atoms with Crippen molar-refractivity contribution in [2.75, 3.05) is 6.61 Å². The summed E-state index contributed by atoms with van der Waals surface area (Å²) in [6.45, 7) is 6.23. The minimum absolute atomic E-state index is 0.00312. The van der Waals surface area contributed by atoms with Crippen molar-refractivity contribution < 1.29 is 18.3 Å². The number of fused-ring (bicyclic) bond motifs is 1. The van der Waals surface area contributed by atoms with Gasteiger partial charge in [-0.3, -0.25) is 4.79 Å². The zero-order valence-corrected chi connectivity index (χ0v) is 14.0. The van der Waals surface area contributed by atoms with Crippen molar-refractivity contribution >= 4 is 16.8 Å². The Morgan fingerprint density at radius 2 is 1.88 bits per heavy atom. The lowest BCUT2D eigenvalue weighted by Gasteiger charge is -2.06. The third kappa shape index (κ3) is 2.80. The van der Waals surface area contributed by atoms with Gasteiger partial charge in [0.05, 0.1) is 12.2 Å². The Morgan fingerprint density at radius 3 is 2.50 bits per heavy atom. The maximum Gasteiger partial charge on any atom is 0.167 e. The molecule has 3 aromatic rings.